The monoisotopic (exact) mass is 303 g/mol. The number of ether oxygens (including phenoxy) is 1. The van der Waals surface area contributed by atoms with Gasteiger partial charge in [-0.15, -0.1) is 0 Å². The van der Waals surface area contributed by atoms with Gasteiger partial charge in [0, 0.05) is 12.1 Å². The van der Waals surface area contributed by atoms with Gasteiger partial charge in [-0.2, -0.15) is 13.2 Å². The Balaban J connectivity index is 2.71. The van der Waals surface area contributed by atoms with Crippen LogP contribution in [-0.4, -0.2) is 18.2 Å². The highest BCUT2D eigenvalue weighted by Gasteiger charge is 2.30. The lowest BCUT2D eigenvalue weighted by Crippen LogP contribution is -2.44. The first kappa shape index (κ1) is 17.8. The Hall–Kier alpha value is -1.23. The number of alkyl halides is 3. The van der Waals surface area contributed by atoms with Gasteiger partial charge in [0.05, 0.1) is 5.56 Å². The van der Waals surface area contributed by atoms with Crippen LogP contribution in [0.1, 0.15) is 40.2 Å². The summed E-state index contributed by atoms with van der Waals surface area (Å²) in [5.41, 5.74) is -0.694. The topological polar surface area (TPSA) is 21.3 Å². The highest BCUT2D eigenvalue weighted by atomic mass is 19.4. The van der Waals surface area contributed by atoms with Crippen molar-refractivity contribution in [2.45, 2.75) is 52.4 Å². The lowest BCUT2D eigenvalue weighted by Gasteiger charge is -2.28. The summed E-state index contributed by atoms with van der Waals surface area (Å²) in [4.78, 5) is 0. The van der Waals surface area contributed by atoms with Crippen LogP contribution >= 0.6 is 0 Å². The first-order valence-corrected chi connectivity index (χ1v) is 7.08. The molecule has 1 aromatic carbocycles. The Morgan fingerprint density at radius 2 is 1.57 bits per heavy atom. The third kappa shape index (κ3) is 6.38. The third-order valence-corrected chi connectivity index (χ3v) is 3.05. The van der Waals surface area contributed by atoms with Gasteiger partial charge in [0.2, 0.25) is 0 Å². The molecule has 0 aromatic heterocycles. The second kappa shape index (κ2) is 6.69. The van der Waals surface area contributed by atoms with Gasteiger partial charge < -0.3 is 10.1 Å². The van der Waals surface area contributed by atoms with Gasteiger partial charge in [0.15, 0.2) is 0 Å². The zero-order chi connectivity index (χ0) is 16.3. The van der Waals surface area contributed by atoms with E-state index in [1.165, 1.54) is 12.1 Å². The first-order chi connectivity index (χ1) is 9.49. The van der Waals surface area contributed by atoms with Crippen molar-refractivity contribution in [2.75, 3.05) is 6.54 Å². The SMILES string of the molecule is CC(C)C(CNC(C)(C)C)Oc1ccc(C(F)(F)F)cc1. The molecule has 1 atom stereocenters. The van der Waals surface area contributed by atoms with E-state index in [1.807, 2.05) is 13.8 Å². The normalized spacial score (nSPS) is 14.3. The van der Waals surface area contributed by atoms with Crippen LogP contribution in [0.5, 0.6) is 5.75 Å². The van der Waals surface area contributed by atoms with Gasteiger partial charge in [-0.3, -0.25) is 0 Å². The van der Waals surface area contributed by atoms with E-state index >= 15 is 0 Å². The zero-order valence-corrected chi connectivity index (χ0v) is 13.2. The van der Waals surface area contributed by atoms with Gasteiger partial charge in [-0.1, -0.05) is 13.8 Å². The van der Waals surface area contributed by atoms with Crippen molar-refractivity contribution in [1.29, 1.82) is 0 Å². The highest BCUT2D eigenvalue weighted by molar-refractivity contribution is 5.29. The highest BCUT2D eigenvalue weighted by Crippen LogP contribution is 2.30. The minimum absolute atomic E-state index is 0.0311. The van der Waals surface area contributed by atoms with Gasteiger partial charge >= 0.3 is 6.18 Å². The molecule has 0 saturated carbocycles. The van der Waals surface area contributed by atoms with Crippen molar-refractivity contribution in [3.63, 3.8) is 0 Å². The molecule has 0 bridgehead atoms. The van der Waals surface area contributed by atoms with Crippen LogP contribution in [-0.2, 0) is 6.18 Å². The first-order valence-electron chi connectivity index (χ1n) is 7.08. The van der Waals surface area contributed by atoms with Crippen LogP contribution in [0.4, 0.5) is 13.2 Å². The molecule has 21 heavy (non-hydrogen) atoms. The predicted octanol–water partition coefficient (Wildman–Crippen LogP) is 4.50. The van der Waals surface area contributed by atoms with E-state index in [4.69, 9.17) is 4.74 Å². The molecule has 0 heterocycles. The molecular formula is C16H24F3NO. The van der Waals surface area contributed by atoms with Crippen molar-refractivity contribution >= 4 is 0 Å². The van der Waals surface area contributed by atoms with E-state index in [2.05, 4.69) is 26.1 Å². The third-order valence-electron chi connectivity index (χ3n) is 3.05. The number of benzene rings is 1. The van der Waals surface area contributed by atoms with Crippen molar-refractivity contribution in [3.8, 4) is 5.75 Å². The Labute approximate surface area is 124 Å². The van der Waals surface area contributed by atoms with Gasteiger partial charge in [-0.05, 0) is 51.0 Å². The maximum Gasteiger partial charge on any atom is 0.416 e. The molecule has 0 aliphatic carbocycles. The van der Waals surface area contributed by atoms with Crippen molar-refractivity contribution in [3.05, 3.63) is 29.8 Å². The Morgan fingerprint density at radius 3 is 1.95 bits per heavy atom. The lowest BCUT2D eigenvalue weighted by molar-refractivity contribution is -0.137. The molecule has 0 aliphatic heterocycles. The van der Waals surface area contributed by atoms with Gasteiger partial charge in [0.25, 0.3) is 0 Å². The van der Waals surface area contributed by atoms with E-state index in [9.17, 15) is 13.2 Å². The molecular weight excluding hydrogens is 279 g/mol. The molecule has 0 fully saturated rings. The summed E-state index contributed by atoms with van der Waals surface area (Å²) in [5, 5.41) is 3.35. The zero-order valence-electron chi connectivity index (χ0n) is 13.2. The molecule has 0 saturated heterocycles. The minimum atomic E-state index is -4.32. The van der Waals surface area contributed by atoms with Gasteiger partial charge in [0.1, 0.15) is 11.9 Å². The maximum absolute atomic E-state index is 12.5. The summed E-state index contributed by atoms with van der Waals surface area (Å²) in [6.45, 7) is 10.9. The van der Waals surface area contributed by atoms with E-state index in [0.717, 1.165) is 12.1 Å². The molecule has 1 aromatic rings. The van der Waals surface area contributed by atoms with Crippen molar-refractivity contribution in [2.24, 2.45) is 5.92 Å². The van der Waals surface area contributed by atoms with Crippen molar-refractivity contribution < 1.29 is 17.9 Å². The van der Waals surface area contributed by atoms with Crippen LogP contribution in [0.2, 0.25) is 0 Å². The average molecular weight is 303 g/mol. The fourth-order valence-corrected chi connectivity index (χ4v) is 1.72. The van der Waals surface area contributed by atoms with E-state index in [-0.39, 0.29) is 17.6 Å². The molecule has 0 aliphatic rings. The van der Waals surface area contributed by atoms with E-state index in [0.29, 0.717) is 12.3 Å². The Bertz CT molecular complexity index is 432. The fraction of sp³-hybridized carbons (Fsp3) is 0.625. The van der Waals surface area contributed by atoms with E-state index < -0.39 is 11.7 Å². The summed E-state index contributed by atoms with van der Waals surface area (Å²) in [5.74, 6) is 0.708. The second-order valence-corrected chi connectivity index (χ2v) is 6.55. The summed E-state index contributed by atoms with van der Waals surface area (Å²) >= 11 is 0. The Morgan fingerprint density at radius 1 is 1.05 bits per heavy atom. The Kier molecular flexibility index (Phi) is 5.68. The molecule has 5 heteroatoms. The number of halogens is 3. The molecule has 1 rings (SSSR count). The quantitative estimate of drug-likeness (QED) is 0.865. The largest absolute Gasteiger partial charge is 0.489 e. The van der Waals surface area contributed by atoms with Crippen LogP contribution in [0.3, 0.4) is 0 Å². The van der Waals surface area contributed by atoms with Crippen molar-refractivity contribution in [1.82, 2.24) is 5.32 Å². The number of hydrogen-bond donors (Lipinski definition) is 1. The predicted molar refractivity (Wildman–Crippen MR) is 78.5 cm³/mol. The molecule has 1 unspecified atom stereocenters. The number of rotatable bonds is 5. The van der Waals surface area contributed by atoms with Crippen LogP contribution in [0.25, 0.3) is 0 Å². The van der Waals surface area contributed by atoms with Crippen LogP contribution in [0.15, 0.2) is 24.3 Å². The summed E-state index contributed by atoms with van der Waals surface area (Å²) < 4.78 is 43.3. The summed E-state index contributed by atoms with van der Waals surface area (Å²) in [7, 11) is 0. The average Bonchev–Trinajstić information content (AvgIpc) is 2.32. The standard InChI is InChI=1S/C16H24F3NO/c1-11(2)14(10-20-15(3,4)5)21-13-8-6-12(7-9-13)16(17,18)19/h6-9,11,14,20H,10H2,1-5H3. The molecule has 120 valence electrons. The lowest BCUT2D eigenvalue weighted by atomic mass is 10.0. The minimum Gasteiger partial charge on any atom is -0.489 e. The fourth-order valence-electron chi connectivity index (χ4n) is 1.72. The second-order valence-electron chi connectivity index (χ2n) is 6.55. The molecule has 2 nitrogen and oxygen atoms in total. The van der Waals surface area contributed by atoms with Gasteiger partial charge in [-0.25, -0.2) is 0 Å². The van der Waals surface area contributed by atoms with Crippen LogP contribution < -0.4 is 10.1 Å². The smallest absolute Gasteiger partial charge is 0.416 e. The summed E-state index contributed by atoms with van der Waals surface area (Å²) in [6.07, 6.45) is -4.41. The molecule has 0 amide bonds. The van der Waals surface area contributed by atoms with E-state index in [1.54, 1.807) is 0 Å². The molecule has 1 N–H and O–H groups in total. The molecule has 0 radical (unpaired) electrons. The molecule has 0 spiro atoms. The van der Waals surface area contributed by atoms with Crippen LogP contribution in [0, 0.1) is 5.92 Å². The maximum atomic E-state index is 12.5. The summed E-state index contributed by atoms with van der Waals surface area (Å²) in [6, 6.07) is 4.83. The number of nitrogens with one attached hydrogen (secondary N) is 1. The number of hydrogen-bond acceptors (Lipinski definition) is 2.